The van der Waals surface area contributed by atoms with E-state index < -0.39 is 10.8 Å². The normalized spacial score (nSPS) is 14.2. The van der Waals surface area contributed by atoms with E-state index in [0.717, 1.165) is 27.3 Å². The molecule has 3 aromatic rings. The molecule has 0 spiro atoms. The van der Waals surface area contributed by atoms with Gasteiger partial charge in [0, 0.05) is 4.88 Å². The number of amides is 1. The highest BCUT2D eigenvalue weighted by atomic mass is 32.2. The van der Waals surface area contributed by atoms with Gasteiger partial charge in [-0.25, -0.2) is 4.98 Å². The lowest BCUT2D eigenvalue weighted by atomic mass is 9.90. The average Bonchev–Trinajstić information content (AvgIpc) is 3.04. The first-order valence-corrected chi connectivity index (χ1v) is 12.6. The van der Waals surface area contributed by atoms with Crippen molar-refractivity contribution in [2.75, 3.05) is 0 Å². The molecule has 1 N–H and O–H groups in total. The summed E-state index contributed by atoms with van der Waals surface area (Å²) in [6, 6.07) is 8.05. The van der Waals surface area contributed by atoms with Crippen LogP contribution in [-0.4, -0.2) is 26.2 Å². The zero-order valence-corrected chi connectivity index (χ0v) is 22.0. The Balaban J connectivity index is 2.14. The highest BCUT2D eigenvalue weighted by Gasteiger charge is 2.32. The summed E-state index contributed by atoms with van der Waals surface area (Å²) in [6.45, 7) is 15.2. The fourth-order valence-corrected chi connectivity index (χ4v) is 5.41. The van der Waals surface area contributed by atoms with Crippen molar-refractivity contribution in [2.24, 2.45) is 5.92 Å². The Bertz CT molecular complexity index is 1330. The maximum Gasteiger partial charge on any atom is 0.267 e. The summed E-state index contributed by atoms with van der Waals surface area (Å²) in [4.78, 5) is 33.3. The highest BCUT2D eigenvalue weighted by Crippen LogP contribution is 2.32. The Hall–Kier alpha value is -2.63. The molecule has 0 bridgehead atoms. The van der Waals surface area contributed by atoms with E-state index in [2.05, 4.69) is 11.4 Å². The number of hydrogen-bond donors (Lipinski definition) is 1. The van der Waals surface area contributed by atoms with Crippen LogP contribution in [-0.2, 0) is 4.79 Å². The molecule has 1 aromatic carbocycles. The third-order valence-corrected chi connectivity index (χ3v) is 8.56. The van der Waals surface area contributed by atoms with Gasteiger partial charge in [0.25, 0.3) is 5.56 Å². The molecule has 1 amide bonds. The second kappa shape index (κ2) is 9.32. The molecule has 0 radical (unpaired) electrons. The van der Waals surface area contributed by atoms with Crippen molar-refractivity contribution in [3.05, 3.63) is 50.1 Å². The number of aromatic nitrogens is 2. The fraction of sp³-hybridized carbons (Fsp3) is 0.440. The molecule has 0 fully saturated rings. The van der Waals surface area contributed by atoms with Gasteiger partial charge in [-0.3, -0.25) is 14.2 Å². The summed E-state index contributed by atoms with van der Waals surface area (Å²) < 4.78 is 1.63. The molecule has 174 valence electrons. The van der Waals surface area contributed by atoms with Crippen LogP contribution in [0.3, 0.4) is 0 Å². The first-order valence-electron chi connectivity index (χ1n) is 10.9. The van der Waals surface area contributed by atoms with Gasteiger partial charge in [-0.1, -0.05) is 37.7 Å². The van der Waals surface area contributed by atoms with Gasteiger partial charge in [-0.05, 0) is 70.2 Å². The van der Waals surface area contributed by atoms with Gasteiger partial charge in [-0.2, -0.15) is 5.26 Å². The number of thiophene rings is 1. The predicted molar refractivity (Wildman–Crippen MR) is 136 cm³/mol. The van der Waals surface area contributed by atoms with Crippen LogP contribution in [0, 0.1) is 44.9 Å². The summed E-state index contributed by atoms with van der Waals surface area (Å²) >= 11 is 2.72. The van der Waals surface area contributed by atoms with Gasteiger partial charge in [0.05, 0.1) is 22.4 Å². The molecule has 2 unspecified atom stereocenters. The van der Waals surface area contributed by atoms with E-state index >= 15 is 0 Å². The molecule has 0 aliphatic rings. The molecule has 0 aliphatic carbocycles. The van der Waals surface area contributed by atoms with Crippen molar-refractivity contribution in [1.82, 2.24) is 14.9 Å². The number of benzene rings is 1. The zero-order chi connectivity index (χ0) is 24.7. The van der Waals surface area contributed by atoms with Crippen molar-refractivity contribution < 1.29 is 4.79 Å². The summed E-state index contributed by atoms with van der Waals surface area (Å²) in [6.07, 6.45) is 0. The van der Waals surface area contributed by atoms with Crippen molar-refractivity contribution in [2.45, 2.75) is 71.3 Å². The molecule has 2 heterocycles. The summed E-state index contributed by atoms with van der Waals surface area (Å²) in [7, 11) is 0. The lowest BCUT2D eigenvalue weighted by Gasteiger charge is -2.28. The van der Waals surface area contributed by atoms with Crippen molar-refractivity contribution in [3.63, 3.8) is 0 Å². The van der Waals surface area contributed by atoms with Crippen LogP contribution in [0.1, 0.15) is 49.3 Å². The van der Waals surface area contributed by atoms with E-state index in [4.69, 9.17) is 4.98 Å². The molecular weight excluding hydrogens is 452 g/mol. The summed E-state index contributed by atoms with van der Waals surface area (Å²) in [5.41, 5.74) is 2.65. The average molecular weight is 483 g/mol. The molecule has 3 rings (SSSR count). The van der Waals surface area contributed by atoms with E-state index in [9.17, 15) is 14.9 Å². The maximum atomic E-state index is 13.7. The Kier molecular flexibility index (Phi) is 7.06. The molecule has 0 aliphatic heterocycles. The third-order valence-electron chi connectivity index (χ3n) is 6.41. The van der Waals surface area contributed by atoms with E-state index in [1.54, 1.807) is 18.4 Å². The van der Waals surface area contributed by atoms with E-state index in [-0.39, 0.29) is 17.4 Å². The number of aryl methyl sites for hydroxylation is 3. The molecule has 6 nitrogen and oxygen atoms in total. The van der Waals surface area contributed by atoms with Crippen LogP contribution in [0.15, 0.2) is 28.2 Å². The number of carbonyl (C=O) groups is 1. The number of hydrogen-bond acceptors (Lipinski definition) is 6. The van der Waals surface area contributed by atoms with Gasteiger partial charge in [0.2, 0.25) is 5.91 Å². The lowest BCUT2D eigenvalue weighted by Crippen LogP contribution is -2.51. The standard InChI is InChI=1S/C25H30N4O2S2/c1-13(2)25(8,12-26)28-21(30)18(7)33-24-27-22-20(16(5)17(6)32-22)23(31)29(24)19-11-9-10-14(3)15(19)4/h9-11,13,18H,1-8H3,(H,28,30). The van der Waals surface area contributed by atoms with Crippen LogP contribution in [0.4, 0.5) is 0 Å². The first kappa shape index (κ1) is 25.0. The molecular formula is C25H30N4O2S2. The van der Waals surface area contributed by atoms with Crippen LogP contribution in [0.25, 0.3) is 15.9 Å². The number of fused-ring (bicyclic) bond motifs is 1. The van der Waals surface area contributed by atoms with E-state index in [0.29, 0.717) is 15.4 Å². The minimum atomic E-state index is -0.974. The van der Waals surface area contributed by atoms with Gasteiger partial charge < -0.3 is 5.32 Å². The SMILES string of the molecule is Cc1cccc(-n2c(SC(C)C(=O)NC(C)(C#N)C(C)C)nc3sc(C)c(C)c3c2=O)c1C. The van der Waals surface area contributed by atoms with Crippen molar-refractivity contribution >= 4 is 39.2 Å². The van der Waals surface area contributed by atoms with Crippen LogP contribution in [0.5, 0.6) is 0 Å². The van der Waals surface area contributed by atoms with Crippen molar-refractivity contribution in [3.8, 4) is 11.8 Å². The quantitative estimate of drug-likeness (QED) is 0.385. The molecule has 2 aromatic heterocycles. The topological polar surface area (TPSA) is 87.8 Å². The number of nitriles is 1. The van der Waals surface area contributed by atoms with Crippen molar-refractivity contribution in [1.29, 1.82) is 5.26 Å². The van der Waals surface area contributed by atoms with Gasteiger partial charge in [-0.15, -0.1) is 11.3 Å². The number of carbonyl (C=O) groups excluding carboxylic acids is 1. The molecule has 33 heavy (non-hydrogen) atoms. The van der Waals surface area contributed by atoms with Crippen LogP contribution < -0.4 is 10.9 Å². The third kappa shape index (κ3) is 4.57. The number of nitrogens with one attached hydrogen (secondary N) is 1. The monoisotopic (exact) mass is 482 g/mol. The summed E-state index contributed by atoms with van der Waals surface area (Å²) in [5.74, 6) is -0.318. The number of rotatable bonds is 6. The van der Waals surface area contributed by atoms with E-state index in [1.165, 1.54) is 23.1 Å². The van der Waals surface area contributed by atoms with E-state index in [1.807, 2.05) is 59.7 Å². The molecule has 0 saturated carbocycles. The fourth-order valence-electron chi connectivity index (χ4n) is 3.42. The Morgan fingerprint density at radius 3 is 2.48 bits per heavy atom. The second-order valence-electron chi connectivity index (χ2n) is 8.94. The Labute approximate surface area is 203 Å². The smallest absolute Gasteiger partial charge is 0.267 e. The molecule has 0 saturated heterocycles. The first-order chi connectivity index (χ1) is 15.4. The maximum absolute atomic E-state index is 13.7. The Morgan fingerprint density at radius 1 is 1.21 bits per heavy atom. The minimum Gasteiger partial charge on any atom is -0.337 e. The predicted octanol–water partition coefficient (Wildman–Crippen LogP) is 5.22. The Morgan fingerprint density at radius 2 is 1.88 bits per heavy atom. The molecule has 8 heteroatoms. The lowest BCUT2D eigenvalue weighted by molar-refractivity contribution is -0.121. The second-order valence-corrected chi connectivity index (χ2v) is 11.4. The highest BCUT2D eigenvalue weighted by molar-refractivity contribution is 8.00. The van der Waals surface area contributed by atoms with Gasteiger partial charge >= 0.3 is 0 Å². The van der Waals surface area contributed by atoms with Gasteiger partial charge in [0.1, 0.15) is 10.4 Å². The zero-order valence-electron chi connectivity index (χ0n) is 20.4. The largest absolute Gasteiger partial charge is 0.337 e. The number of thioether (sulfide) groups is 1. The van der Waals surface area contributed by atoms with Crippen LogP contribution >= 0.6 is 23.1 Å². The summed E-state index contributed by atoms with van der Waals surface area (Å²) in [5, 5.41) is 13.0. The van der Waals surface area contributed by atoms with Gasteiger partial charge in [0.15, 0.2) is 5.16 Å². The minimum absolute atomic E-state index is 0.0525. The number of nitrogens with zero attached hydrogens (tertiary/aromatic N) is 3. The molecule has 2 atom stereocenters. The van der Waals surface area contributed by atoms with Crippen LogP contribution in [0.2, 0.25) is 0 Å².